The van der Waals surface area contributed by atoms with Crippen molar-refractivity contribution in [3.63, 3.8) is 0 Å². The van der Waals surface area contributed by atoms with E-state index in [9.17, 15) is 0 Å². The van der Waals surface area contributed by atoms with Gasteiger partial charge in [-0.25, -0.2) is 0 Å². The predicted molar refractivity (Wildman–Crippen MR) is 261 cm³/mol. The van der Waals surface area contributed by atoms with Crippen LogP contribution in [0.25, 0.3) is 84.9 Å². The zero-order valence-electron chi connectivity index (χ0n) is 33.3. The van der Waals surface area contributed by atoms with Crippen LogP contribution < -0.4 is 4.90 Å². The van der Waals surface area contributed by atoms with Gasteiger partial charge in [0.1, 0.15) is 0 Å². The Kier molecular flexibility index (Phi) is 8.00. The summed E-state index contributed by atoms with van der Waals surface area (Å²) in [5, 5.41) is 5.24. The van der Waals surface area contributed by atoms with Crippen LogP contribution in [-0.2, 0) is 5.41 Å². The molecule has 0 saturated carbocycles. The second-order valence-electron chi connectivity index (χ2n) is 16.5. The summed E-state index contributed by atoms with van der Waals surface area (Å²) >= 11 is 3.74. The number of anilines is 3. The lowest BCUT2D eigenvalue weighted by atomic mass is 9.82. The Morgan fingerprint density at radius 2 is 0.800 bits per heavy atom. The van der Waals surface area contributed by atoms with E-state index in [0.717, 1.165) is 17.1 Å². The smallest absolute Gasteiger partial charge is 0.0468 e. The van der Waals surface area contributed by atoms with Crippen molar-refractivity contribution in [2.75, 3.05) is 4.90 Å². The SMILES string of the molecule is CC1(C)c2ccccc2-c2ccc(N(c3ccc(-c4ccccc4)cc3)c3ccc(-c4ccc5sc6ccccc6c5c4)c(-c4ccc5sc6ccccc6c5c4)c3)cc21. The van der Waals surface area contributed by atoms with Gasteiger partial charge in [-0.1, -0.05) is 141 Å². The van der Waals surface area contributed by atoms with Gasteiger partial charge in [0.2, 0.25) is 0 Å². The number of hydrogen-bond acceptors (Lipinski definition) is 3. The Labute approximate surface area is 358 Å². The van der Waals surface area contributed by atoms with Crippen LogP contribution in [-0.4, -0.2) is 0 Å². The largest absolute Gasteiger partial charge is 0.310 e. The number of thiophene rings is 2. The van der Waals surface area contributed by atoms with Crippen LogP contribution in [0, 0.1) is 0 Å². The average molecular weight is 802 g/mol. The molecule has 0 atom stereocenters. The van der Waals surface area contributed by atoms with Gasteiger partial charge in [-0.2, -0.15) is 0 Å². The van der Waals surface area contributed by atoms with Crippen LogP contribution in [0.2, 0.25) is 0 Å². The van der Waals surface area contributed by atoms with Crippen LogP contribution in [0.3, 0.4) is 0 Å². The van der Waals surface area contributed by atoms with Gasteiger partial charge in [0, 0.05) is 62.8 Å². The number of benzene rings is 9. The summed E-state index contributed by atoms with van der Waals surface area (Å²) in [6.07, 6.45) is 0. The number of hydrogen-bond donors (Lipinski definition) is 0. The molecule has 0 amide bonds. The summed E-state index contributed by atoms with van der Waals surface area (Å²) in [6.45, 7) is 4.73. The first-order valence-corrected chi connectivity index (χ1v) is 22.3. The van der Waals surface area contributed by atoms with Crippen molar-refractivity contribution in [1.82, 2.24) is 0 Å². The Bertz CT molecular complexity index is 3460. The second-order valence-corrected chi connectivity index (χ2v) is 18.7. The summed E-state index contributed by atoms with van der Waals surface area (Å²) in [4.78, 5) is 2.45. The van der Waals surface area contributed by atoms with Gasteiger partial charge < -0.3 is 4.90 Å². The van der Waals surface area contributed by atoms with Gasteiger partial charge in [0.05, 0.1) is 0 Å². The van der Waals surface area contributed by atoms with Crippen LogP contribution >= 0.6 is 22.7 Å². The van der Waals surface area contributed by atoms with E-state index < -0.39 is 0 Å². The highest BCUT2D eigenvalue weighted by molar-refractivity contribution is 7.26. The molecule has 0 fully saturated rings. The number of fused-ring (bicyclic) bond motifs is 9. The van der Waals surface area contributed by atoms with Gasteiger partial charge in [-0.05, 0) is 128 Å². The molecule has 0 spiro atoms. The standard InChI is InChI=1S/C57H39NS2/c1-57(2)51-17-9-6-14-44(51)45-29-27-42(35-52(45)57)58(40-24-20-37(21-25-40)36-12-4-3-5-13-36)41-26-28-43(38-22-30-55-49(32-38)46-15-7-10-18-53(46)59-55)48(34-41)39-23-31-56-50(33-39)47-16-8-11-19-54(47)60-56/h3-35H,1-2H3. The van der Waals surface area contributed by atoms with E-state index in [0.29, 0.717) is 0 Å². The first kappa shape index (κ1) is 35.2. The molecule has 1 aliphatic carbocycles. The highest BCUT2D eigenvalue weighted by atomic mass is 32.1. The molecule has 2 aromatic heterocycles. The van der Waals surface area contributed by atoms with Crippen LogP contribution in [0.1, 0.15) is 25.0 Å². The molecule has 60 heavy (non-hydrogen) atoms. The minimum atomic E-state index is -0.122. The third-order valence-electron chi connectivity index (χ3n) is 12.7. The molecular formula is C57H39NS2. The van der Waals surface area contributed by atoms with Crippen molar-refractivity contribution in [2.45, 2.75) is 19.3 Å². The maximum absolute atomic E-state index is 2.45. The van der Waals surface area contributed by atoms with Gasteiger partial charge in [-0.15, -0.1) is 22.7 Å². The highest BCUT2D eigenvalue weighted by Gasteiger charge is 2.35. The van der Waals surface area contributed by atoms with E-state index in [2.05, 4.69) is 219 Å². The molecule has 0 N–H and O–H groups in total. The lowest BCUT2D eigenvalue weighted by molar-refractivity contribution is 0.660. The molecule has 0 saturated heterocycles. The molecule has 12 rings (SSSR count). The second kappa shape index (κ2) is 13.6. The van der Waals surface area contributed by atoms with Gasteiger partial charge >= 0.3 is 0 Å². The minimum Gasteiger partial charge on any atom is -0.310 e. The molecule has 3 heteroatoms. The van der Waals surface area contributed by atoms with Crippen LogP contribution in [0.15, 0.2) is 200 Å². The van der Waals surface area contributed by atoms with E-state index in [-0.39, 0.29) is 5.41 Å². The van der Waals surface area contributed by atoms with E-state index in [1.165, 1.54) is 96.0 Å². The highest BCUT2D eigenvalue weighted by Crippen LogP contribution is 2.51. The number of nitrogens with zero attached hydrogens (tertiary/aromatic N) is 1. The van der Waals surface area contributed by atoms with Gasteiger partial charge in [0.15, 0.2) is 0 Å². The number of rotatable bonds is 6. The van der Waals surface area contributed by atoms with Crippen molar-refractivity contribution >= 4 is 80.1 Å². The molecule has 1 nitrogen and oxygen atoms in total. The average Bonchev–Trinajstić information content (AvgIpc) is 3.94. The molecule has 11 aromatic rings. The monoisotopic (exact) mass is 801 g/mol. The van der Waals surface area contributed by atoms with Gasteiger partial charge in [0.25, 0.3) is 0 Å². The lowest BCUT2D eigenvalue weighted by Gasteiger charge is -2.29. The fraction of sp³-hybridized carbons (Fsp3) is 0.0526. The Morgan fingerprint density at radius 3 is 1.48 bits per heavy atom. The normalized spacial score (nSPS) is 13.0. The molecule has 2 heterocycles. The topological polar surface area (TPSA) is 3.24 Å². The van der Waals surface area contributed by atoms with Crippen LogP contribution in [0.4, 0.5) is 17.1 Å². The third kappa shape index (κ3) is 5.58. The summed E-state index contributed by atoms with van der Waals surface area (Å²) < 4.78 is 5.27. The zero-order chi connectivity index (χ0) is 40.0. The predicted octanol–water partition coefficient (Wildman–Crippen LogP) is 17.2. The summed E-state index contributed by atoms with van der Waals surface area (Å²) in [5.41, 5.74) is 15.9. The molecule has 0 radical (unpaired) electrons. The molecule has 0 unspecified atom stereocenters. The molecule has 1 aliphatic rings. The van der Waals surface area contributed by atoms with Crippen molar-refractivity contribution < 1.29 is 0 Å². The Balaban J connectivity index is 1.08. The summed E-state index contributed by atoms with van der Waals surface area (Å²) in [7, 11) is 0. The van der Waals surface area contributed by atoms with Crippen LogP contribution in [0.5, 0.6) is 0 Å². The first-order chi connectivity index (χ1) is 29.5. The molecule has 0 aliphatic heterocycles. The maximum atomic E-state index is 2.45. The van der Waals surface area contributed by atoms with E-state index in [4.69, 9.17) is 0 Å². The van der Waals surface area contributed by atoms with Crippen molar-refractivity contribution in [3.8, 4) is 44.5 Å². The van der Waals surface area contributed by atoms with Crippen molar-refractivity contribution in [1.29, 1.82) is 0 Å². The minimum absolute atomic E-state index is 0.122. The first-order valence-electron chi connectivity index (χ1n) is 20.7. The molecular weight excluding hydrogens is 763 g/mol. The summed E-state index contributed by atoms with van der Waals surface area (Å²) in [5.74, 6) is 0. The lowest BCUT2D eigenvalue weighted by Crippen LogP contribution is -2.16. The molecule has 284 valence electrons. The molecule has 0 bridgehead atoms. The zero-order valence-corrected chi connectivity index (χ0v) is 34.9. The van der Waals surface area contributed by atoms with E-state index in [1.807, 2.05) is 22.7 Å². The quantitative estimate of drug-likeness (QED) is 0.162. The fourth-order valence-corrected chi connectivity index (χ4v) is 11.8. The van der Waals surface area contributed by atoms with Crippen molar-refractivity contribution in [3.05, 3.63) is 211 Å². The summed E-state index contributed by atoms with van der Waals surface area (Å²) in [6, 6.07) is 74.5. The van der Waals surface area contributed by atoms with E-state index in [1.54, 1.807) is 0 Å². The van der Waals surface area contributed by atoms with E-state index >= 15 is 0 Å². The maximum Gasteiger partial charge on any atom is 0.0468 e. The van der Waals surface area contributed by atoms with Gasteiger partial charge in [-0.3, -0.25) is 0 Å². The fourth-order valence-electron chi connectivity index (χ4n) is 9.66. The Morgan fingerprint density at radius 1 is 0.317 bits per heavy atom. The Hall–Kier alpha value is -6.78. The van der Waals surface area contributed by atoms with Crippen molar-refractivity contribution in [2.24, 2.45) is 0 Å². The third-order valence-corrected chi connectivity index (χ3v) is 15.0. The molecule has 9 aromatic carbocycles.